The fourth-order valence-corrected chi connectivity index (χ4v) is 2.30. The van der Waals surface area contributed by atoms with E-state index in [4.69, 9.17) is 5.11 Å². The van der Waals surface area contributed by atoms with E-state index in [-0.39, 0.29) is 5.69 Å². The van der Waals surface area contributed by atoms with Gasteiger partial charge in [-0.05, 0) is 24.6 Å². The number of carboxylic acids is 1. The van der Waals surface area contributed by atoms with E-state index in [0.717, 1.165) is 21.9 Å². The van der Waals surface area contributed by atoms with E-state index in [9.17, 15) is 4.79 Å². The van der Waals surface area contributed by atoms with Crippen LogP contribution >= 0.6 is 0 Å². The van der Waals surface area contributed by atoms with Crippen LogP contribution in [0.25, 0.3) is 21.9 Å². The van der Waals surface area contributed by atoms with Crippen LogP contribution in [0.1, 0.15) is 16.1 Å². The molecule has 17 heavy (non-hydrogen) atoms. The molecule has 86 valence electrons. The van der Waals surface area contributed by atoms with E-state index in [0.29, 0.717) is 0 Å². The molecule has 0 aliphatic carbocycles. The Morgan fingerprint density at radius 1 is 1.29 bits per heavy atom. The number of carboxylic acid groups (broad SMARTS) is 1. The maximum Gasteiger partial charge on any atom is 0.352 e. The standard InChI is InChI=1S/C13H12N2O2/c1-7-3-4-8-9-6-10(13(16)17)14-12(9)15(2)11(8)5-7/h3-6,14H,1-2H3,(H,16,17). The highest BCUT2D eigenvalue weighted by Crippen LogP contribution is 2.29. The Hall–Kier alpha value is -2.23. The van der Waals surface area contributed by atoms with Crippen LogP contribution in [-0.2, 0) is 7.05 Å². The predicted molar refractivity (Wildman–Crippen MR) is 66.5 cm³/mol. The molecule has 0 radical (unpaired) electrons. The van der Waals surface area contributed by atoms with Gasteiger partial charge in [0.1, 0.15) is 11.3 Å². The van der Waals surface area contributed by atoms with Crippen molar-refractivity contribution in [1.29, 1.82) is 0 Å². The van der Waals surface area contributed by atoms with Crippen LogP contribution in [0.3, 0.4) is 0 Å². The summed E-state index contributed by atoms with van der Waals surface area (Å²) in [6.07, 6.45) is 0. The Morgan fingerprint density at radius 3 is 2.76 bits per heavy atom. The summed E-state index contributed by atoms with van der Waals surface area (Å²) in [6, 6.07) is 7.86. The third-order valence-electron chi connectivity index (χ3n) is 3.17. The molecule has 2 heterocycles. The van der Waals surface area contributed by atoms with E-state index >= 15 is 0 Å². The number of hydrogen-bond donors (Lipinski definition) is 2. The molecule has 2 aromatic heterocycles. The Kier molecular flexibility index (Phi) is 1.84. The van der Waals surface area contributed by atoms with Gasteiger partial charge in [-0.2, -0.15) is 0 Å². The summed E-state index contributed by atoms with van der Waals surface area (Å²) in [5.74, 6) is -0.929. The highest BCUT2D eigenvalue weighted by atomic mass is 16.4. The van der Waals surface area contributed by atoms with E-state index in [1.807, 2.05) is 30.7 Å². The highest BCUT2D eigenvalue weighted by Gasteiger charge is 2.14. The number of fused-ring (bicyclic) bond motifs is 3. The third kappa shape index (κ3) is 1.27. The zero-order valence-corrected chi connectivity index (χ0v) is 9.61. The molecule has 2 N–H and O–H groups in total. The van der Waals surface area contributed by atoms with Crippen molar-refractivity contribution in [3.63, 3.8) is 0 Å². The number of carbonyl (C=O) groups is 1. The van der Waals surface area contributed by atoms with Crippen molar-refractivity contribution in [2.75, 3.05) is 0 Å². The molecule has 0 atom stereocenters. The minimum absolute atomic E-state index is 0.230. The first-order valence-corrected chi connectivity index (χ1v) is 5.39. The lowest BCUT2D eigenvalue weighted by Crippen LogP contribution is -1.97. The average molecular weight is 228 g/mol. The van der Waals surface area contributed by atoms with E-state index < -0.39 is 5.97 Å². The maximum atomic E-state index is 10.9. The molecule has 4 heteroatoms. The Balaban J connectivity index is 2.46. The fraction of sp³-hybridized carbons (Fsp3) is 0.154. The van der Waals surface area contributed by atoms with Gasteiger partial charge in [-0.3, -0.25) is 0 Å². The van der Waals surface area contributed by atoms with Crippen molar-refractivity contribution in [3.05, 3.63) is 35.5 Å². The molecule has 0 saturated carbocycles. The molecular formula is C13H12N2O2. The summed E-state index contributed by atoms with van der Waals surface area (Å²) < 4.78 is 1.99. The maximum absolute atomic E-state index is 10.9. The number of aromatic nitrogens is 2. The molecule has 0 amide bonds. The number of benzene rings is 1. The number of aromatic amines is 1. The Bertz CT molecular complexity index is 750. The first kappa shape index (κ1) is 9.96. The molecular weight excluding hydrogens is 216 g/mol. The summed E-state index contributed by atoms with van der Waals surface area (Å²) >= 11 is 0. The number of rotatable bonds is 1. The van der Waals surface area contributed by atoms with Gasteiger partial charge in [0.05, 0.1) is 5.52 Å². The van der Waals surface area contributed by atoms with E-state index in [1.54, 1.807) is 6.07 Å². The molecule has 0 aliphatic heterocycles. The summed E-state index contributed by atoms with van der Waals surface area (Å²) in [5.41, 5.74) is 3.39. The largest absolute Gasteiger partial charge is 0.477 e. The lowest BCUT2D eigenvalue weighted by Gasteiger charge is -1.98. The second-order valence-electron chi connectivity index (χ2n) is 4.33. The van der Waals surface area contributed by atoms with Crippen molar-refractivity contribution < 1.29 is 9.90 Å². The summed E-state index contributed by atoms with van der Waals surface area (Å²) in [6.45, 7) is 2.05. The van der Waals surface area contributed by atoms with Gasteiger partial charge in [-0.1, -0.05) is 12.1 Å². The van der Waals surface area contributed by atoms with Gasteiger partial charge in [0.15, 0.2) is 0 Å². The molecule has 0 aliphatic rings. The van der Waals surface area contributed by atoms with Crippen LogP contribution in [0, 0.1) is 6.92 Å². The highest BCUT2D eigenvalue weighted by molar-refractivity contribution is 6.09. The predicted octanol–water partition coefficient (Wildman–Crippen LogP) is 2.67. The Labute approximate surface area is 97.5 Å². The van der Waals surface area contributed by atoms with Crippen molar-refractivity contribution in [1.82, 2.24) is 9.55 Å². The Morgan fingerprint density at radius 2 is 2.06 bits per heavy atom. The molecule has 0 fully saturated rings. The van der Waals surface area contributed by atoms with Gasteiger partial charge in [0, 0.05) is 17.8 Å². The zero-order valence-electron chi connectivity index (χ0n) is 9.61. The first-order valence-electron chi connectivity index (χ1n) is 5.39. The zero-order chi connectivity index (χ0) is 12.2. The molecule has 3 rings (SSSR count). The first-order chi connectivity index (χ1) is 8.08. The minimum atomic E-state index is -0.929. The van der Waals surface area contributed by atoms with Crippen LogP contribution in [0.2, 0.25) is 0 Å². The molecule has 3 aromatic rings. The average Bonchev–Trinajstić information content (AvgIpc) is 2.80. The number of nitrogens with zero attached hydrogens (tertiary/aromatic N) is 1. The number of aryl methyl sites for hydroxylation is 2. The molecule has 0 bridgehead atoms. The summed E-state index contributed by atoms with van der Waals surface area (Å²) in [5, 5.41) is 11.0. The van der Waals surface area contributed by atoms with E-state index in [1.165, 1.54) is 5.56 Å². The van der Waals surface area contributed by atoms with Crippen LogP contribution in [0.5, 0.6) is 0 Å². The number of hydrogen-bond acceptors (Lipinski definition) is 1. The van der Waals surface area contributed by atoms with Gasteiger partial charge in [0.2, 0.25) is 0 Å². The molecule has 1 aromatic carbocycles. The van der Waals surface area contributed by atoms with Gasteiger partial charge >= 0.3 is 5.97 Å². The quantitative estimate of drug-likeness (QED) is 0.672. The molecule has 0 saturated heterocycles. The fourth-order valence-electron chi connectivity index (χ4n) is 2.30. The number of nitrogens with one attached hydrogen (secondary N) is 1. The number of aromatic carboxylic acids is 1. The van der Waals surface area contributed by atoms with Gasteiger partial charge in [-0.15, -0.1) is 0 Å². The van der Waals surface area contributed by atoms with Crippen molar-refractivity contribution >= 4 is 27.9 Å². The second kappa shape index (κ2) is 3.13. The molecule has 0 unspecified atom stereocenters. The monoisotopic (exact) mass is 228 g/mol. The van der Waals surface area contributed by atoms with Crippen LogP contribution < -0.4 is 0 Å². The van der Waals surface area contributed by atoms with Gasteiger partial charge < -0.3 is 14.7 Å². The lowest BCUT2D eigenvalue weighted by atomic mass is 10.1. The number of H-pyrrole nitrogens is 1. The van der Waals surface area contributed by atoms with Crippen LogP contribution in [0.4, 0.5) is 0 Å². The van der Waals surface area contributed by atoms with Crippen molar-refractivity contribution in [2.24, 2.45) is 7.05 Å². The normalized spacial score (nSPS) is 11.4. The topological polar surface area (TPSA) is 58.0 Å². The smallest absolute Gasteiger partial charge is 0.352 e. The van der Waals surface area contributed by atoms with Crippen molar-refractivity contribution in [3.8, 4) is 0 Å². The van der Waals surface area contributed by atoms with E-state index in [2.05, 4.69) is 11.1 Å². The lowest BCUT2D eigenvalue weighted by molar-refractivity contribution is 0.0691. The third-order valence-corrected chi connectivity index (χ3v) is 3.17. The molecule has 0 spiro atoms. The van der Waals surface area contributed by atoms with Gasteiger partial charge in [-0.25, -0.2) is 4.79 Å². The molecule has 4 nitrogen and oxygen atoms in total. The SMILES string of the molecule is Cc1ccc2c3cc(C(=O)O)[nH]c3n(C)c2c1. The minimum Gasteiger partial charge on any atom is -0.477 e. The van der Waals surface area contributed by atoms with Crippen molar-refractivity contribution in [2.45, 2.75) is 6.92 Å². The van der Waals surface area contributed by atoms with Crippen LogP contribution in [0.15, 0.2) is 24.3 Å². The second-order valence-corrected chi connectivity index (χ2v) is 4.33. The van der Waals surface area contributed by atoms with Gasteiger partial charge in [0.25, 0.3) is 0 Å². The summed E-state index contributed by atoms with van der Waals surface area (Å²) in [7, 11) is 1.94. The van der Waals surface area contributed by atoms with Crippen LogP contribution in [-0.4, -0.2) is 20.6 Å². The summed E-state index contributed by atoms with van der Waals surface area (Å²) in [4.78, 5) is 13.9.